The van der Waals surface area contributed by atoms with Crippen LogP contribution < -0.4 is 10.1 Å². The molecule has 1 amide bonds. The first kappa shape index (κ1) is 21.6. The molecule has 1 fully saturated rings. The second-order valence-corrected chi connectivity index (χ2v) is 9.44. The number of anilines is 1. The summed E-state index contributed by atoms with van der Waals surface area (Å²) in [6.45, 7) is 3.04. The van der Waals surface area contributed by atoms with Crippen LogP contribution in [0.25, 0.3) is 0 Å². The molecule has 6 nitrogen and oxygen atoms in total. The van der Waals surface area contributed by atoms with Gasteiger partial charge < -0.3 is 10.1 Å². The van der Waals surface area contributed by atoms with Gasteiger partial charge in [0.05, 0.1) is 18.3 Å². The Balaban J connectivity index is 1.65. The van der Waals surface area contributed by atoms with Gasteiger partial charge in [0.25, 0.3) is 0 Å². The molecule has 156 valence electrons. The summed E-state index contributed by atoms with van der Waals surface area (Å²) in [5.74, 6) is -0.0206. The number of nitrogens with one attached hydrogen (secondary N) is 1. The summed E-state index contributed by atoms with van der Waals surface area (Å²) in [5, 5.41) is 3.38. The molecule has 3 rings (SSSR count). The summed E-state index contributed by atoms with van der Waals surface area (Å²) in [4.78, 5) is 12.7. The van der Waals surface area contributed by atoms with E-state index in [1.165, 1.54) is 4.31 Å². The topological polar surface area (TPSA) is 75.7 Å². The highest BCUT2D eigenvalue weighted by Crippen LogP contribution is 2.24. The third-order valence-electron chi connectivity index (χ3n) is 4.80. The fourth-order valence-electron chi connectivity index (χ4n) is 3.41. The second-order valence-electron chi connectivity index (χ2n) is 7.03. The minimum absolute atomic E-state index is 0.127. The third-order valence-corrected chi connectivity index (χ3v) is 6.85. The van der Waals surface area contributed by atoms with Crippen LogP contribution in [0.4, 0.5) is 5.69 Å². The maximum absolute atomic E-state index is 12.8. The van der Waals surface area contributed by atoms with E-state index in [2.05, 4.69) is 5.32 Å². The van der Waals surface area contributed by atoms with Gasteiger partial charge in [0.1, 0.15) is 5.75 Å². The van der Waals surface area contributed by atoms with Crippen LogP contribution >= 0.6 is 11.6 Å². The van der Waals surface area contributed by atoms with Crippen molar-refractivity contribution in [2.24, 2.45) is 5.92 Å². The summed E-state index contributed by atoms with van der Waals surface area (Å²) < 4.78 is 32.6. The van der Waals surface area contributed by atoms with Gasteiger partial charge in [0, 0.05) is 29.9 Å². The normalized spacial score (nSPS) is 17.7. The lowest BCUT2D eigenvalue weighted by Gasteiger charge is -2.31. The molecule has 1 atom stereocenters. The molecule has 2 aromatic carbocycles. The average Bonchev–Trinajstić information content (AvgIpc) is 2.68. The minimum atomic E-state index is -3.53. The molecule has 0 aliphatic carbocycles. The average molecular weight is 437 g/mol. The standard InChI is InChI=1S/C21H25ClN2O4S/c1-2-28-20-10-4-9-19(13-20)23-21(25)17-7-5-11-24(14-17)29(26,27)15-16-6-3-8-18(22)12-16/h3-4,6,8-10,12-13,17H,2,5,7,11,14-15H2,1H3,(H,23,25)/t17-/m0/s1. The Kier molecular flexibility index (Phi) is 7.16. The first-order valence-corrected chi connectivity index (χ1v) is 11.6. The smallest absolute Gasteiger partial charge is 0.228 e. The summed E-state index contributed by atoms with van der Waals surface area (Å²) in [7, 11) is -3.53. The molecule has 2 aromatic rings. The van der Waals surface area contributed by atoms with E-state index in [-0.39, 0.29) is 18.2 Å². The van der Waals surface area contributed by atoms with Crippen LogP contribution in [0.5, 0.6) is 5.75 Å². The zero-order valence-corrected chi connectivity index (χ0v) is 17.9. The predicted molar refractivity (Wildman–Crippen MR) is 115 cm³/mol. The lowest BCUT2D eigenvalue weighted by Crippen LogP contribution is -2.44. The molecule has 1 N–H and O–H groups in total. The lowest BCUT2D eigenvalue weighted by atomic mass is 9.98. The van der Waals surface area contributed by atoms with Crippen molar-refractivity contribution in [2.45, 2.75) is 25.5 Å². The maximum Gasteiger partial charge on any atom is 0.228 e. The van der Waals surface area contributed by atoms with Gasteiger partial charge in [0.2, 0.25) is 15.9 Å². The van der Waals surface area contributed by atoms with Gasteiger partial charge in [-0.25, -0.2) is 12.7 Å². The molecule has 8 heteroatoms. The van der Waals surface area contributed by atoms with E-state index < -0.39 is 15.9 Å². The van der Waals surface area contributed by atoms with Crippen molar-refractivity contribution >= 4 is 33.2 Å². The monoisotopic (exact) mass is 436 g/mol. The number of carbonyl (C=O) groups excluding carboxylic acids is 1. The van der Waals surface area contributed by atoms with Crippen LogP contribution in [0.3, 0.4) is 0 Å². The number of benzene rings is 2. The summed E-state index contributed by atoms with van der Waals surface area (Å²) in [6.07, 6.45) is 1.30. The SMILES string of the molecule is CCOc1cccc(NC(=O)[C@H]2CCCN(S(=O)(=O)Cc3cccc(Cl)c3)C2)c1. The van der Waals surface area contributed by atoms with Gasteiger partial charge in [-0.1, -0.05) is 29.8 Å². The van der Waals surface area contributed by atoms with E-state index >= 15 is 0 Å². The predicted octanol–water partition coefficient (Wildman–Crippen LogP) is 3.92. The van der Waals surface area contributed by atoms with Crippen molar-refractivity contribution in [1.29, 1.82) is 0 Å². The molecule has 1 aliphatic heterocycles. The molecule has 1 aliphatic rings. The van der Waals surface area contributed by atoms with E-state index in [1.807, 2.05) is 19.1 Å². The molecule has 29 heavy (non-hydrogen) atoms. The molecule has 0 aromatic heterocycles. The van der Waals surface area contributed by atoms with Gasteiger partial charge in [-0.05, 0) is 49.6 Å². The Hall–Kier alpha value is -2.09. The molecule has 1 heterocycles. The van der Waals surface area contributed by atoms with E-state index in [0.29, 0.717) is 48.0 Å². The lowest BCUT2D eigenvalue weighted by molar-refractivity contribution is -0.120. The van der Waals surface area contributed by atoms with Gasteiger partial charge in [-0.2, -0.15) is 0 Å². The molecule has 0 bridgehead atoms. The number of rotatable bonds is 7. The molecular weight excluding hydrogens is 412 g/mol. The van der Waals surface area contributed by atoms with Gasteiger partial charge in [-0.3, -0.25) is 4.79 Å². The van der Waals surface area contributed by atoms with Crippen LogP contribution in [0, 0.1) is 5.92 Å². The summed E-state index contributed by atoms with van der Waals surface area (Å²) in [6, 6.07) is 14.0. The van der Waals surface area contributed by atoms with Crippen molar-refractivity contribution in [3.05, 3.63) is 59.1 Å². The van der Waals surface area contributed by atoms with Gasteiger partial charge >= 0.3 is 0 Å². The Bertz CT molecular complexity index is 965. The largest absolute Gasteiger partial charge is 0.494 e. The van der Waals surface area contributed by atoms with E-state index in [1.54, 1.807) is 36.4 Å². The molecular formula is C21H25ClN2O4S. The first-order valence-electron chi connectivity index (χ1n) is 9.63. The number of amides is 1. The van der Waals surface area contributed by atoms with Crippen LogP contribution in [-0.4, -0.2) is 38.3 Å². The molecule has 0 saturated carbocycles. The van der Waals surface area contributed by atoms with E-state index in [9.17, 15) is 13.2 Å². The zero-order valence-electron chi connectivity index (χ0n) is 16.3. The summed E-state index contributed by atoms with van der Waals surface area (Å²) >= 11 is 5.96. The molecule has 0 spiro atoms. The van der Waals surface area contributed by atoms with Crippen molar-refractivity contribution < 1.29 is 17.9 Å². The van der Waals surface area contributed by atoms with Crippen LogP contribution in [0.1, 0.15) is 25.3 Å². The van der Waals surface area contributed by atoms with Crippen molar-refractivity contribution in [3.63, 3.8) is 0 Å². The quantitative estimate of drug-likeness (QED) is 0.713. The number of piperidine rings is 1. The van der Waals surface area contributed by atoms with E-state index in [0.717, 1.165) is 0 Å². The van der Waals surface area contributed by atoms with Gasteiger partial charge in [-0.15, -0.1) is 0 Å². The van der Waals surface area contributed by atoms with Crippen LogP contribution in [0.15, 0.2) is 48.5 Å². The highest BCUT2D eigenvalue weighted by Gasteiger charge is 2.32. The number of hydrogen-bond donors (Lipinski definition) is 1. The van der Waals surface area contributed by atoms with Crippen LogP contribution in [0.2, 0.25) is 5.02 Å². The minimum Gasteiger partial charge on any atom is -0.494 e. The van der Waals surface area contributed by atoms with Gasteiger partial charge in [0.15, 0.2) is 0 Å². The fraction of sp³-hybridized carbons (Fsp3) is 0.381. The molecule has 1 saturated heterocycles. The first-order chi connectivity index (χ1) is 13.9. The second kappa shape index (κ2) is 9.61. The Morgan fingerprint density at radius 3 is 2.79 bits per heavy atom. The zero-order chi connectivity index (χ0) is 20.9. The highest BCUT2D eigenvalue weighted by molar-refractivity contribution is 7.88. The number of sulfonamides is 1. The molecule has 0 unspecified atom stereocenters. The maximum atomic E-state index is 12.8. The Labute approximate surface area is 176 Å². The van der Waals surface area contributed by atoms with Crippen molar-refractivity contribution in [2.75, 3.05) is 25.0 Å². The number of hydrogen-bond acceptors (Lipinski definition) is 4. The molecule has 0 radical (unpaired) electrons. The Morgan fingerprint density at radius 2 is 2.03 bits per heavy atom. The third kappa shape index (κ3) is 5.95. The van der Waals surface area contributed by atoms with Crippen molar-refractivity contribution in [1.82, 2.24) is 4.31 Å². The number of halogens is 1. The fourth-order valence-corrected chi connectivity index (χ4v) is 5.22. The van der Waals surface area contributed by atoms with Crippen LogP contribution in [-0.2, 0) is 20.6 Å². The Morgan fingerprint density at radius 1 is 1.24 bits per heavy atom. The van der Waals surface area contributed by atoms with Crippen molar-refractivity contribution in [3.8, 4) is 5.75 Å². The number of ether oxygens (including phenoxy) is 1. The number of nitrogens with zero attached hydrogens (tertiary/aromatic N) is 1. The highest BCUT2D eigenvalue weighted by atomic mass is 35.5. The number of carbonyl (C=O) groups is 1. The van der Waals surface area contributed by atoms with E-state index in [4.69, 9.17) is 16.3 Å². The summed E-state index contributed by atoms with van der Waals surface area (Å²) in [5.41, 5.74) is 1.27.